The molecule has 1 aromatic carbocycles. The molecule has 2 nitrogen and oxygen atoms in total. The zero-order chi connectivity index (χ0) is 10.4. The maximum absolute atomic E-state index is 11.0. The van der Waals surface area contributed by atoms with E-state index in [1.54, 1.807) is 12.1 Å². The van der Waals surface area contributed by atoms with Gasteiger partial charge in [0.15, 0.2) is 5.78 Å². The highest BCUT2D eigenvalue weighted by Gasteiger charge is 2.01. The fourth-order valence-corrected chi connectivity index (χ4v) is 1.72. The summed E-state index contributed by atoms with van der Waals surface area (Å²) in [7, 11) is 0. The van der Waals surface area contributed by atoms with Crippen LogP contribution in [0.1, 0.15) is 6.42 Å². The molecule has 0 bridgehead atoms. The standard InChI is InChI=1S/C10H8ClNOS/c11-8-1-3-10(4-2-8)14-7-9(13)5-6-12/h1-4H,5,7H2. The Morgan fingerprint density at radius 2 is 2.07 bits per heavy atom. The molecule has 0 atom stereocenters. The predicted molar refractivity (Wildman–Crippen MR) is 57.4 cm³/mol. The van der Waals surface area contributed by atoms with Crippen molar-refractivity contribution in [2.75, 3.05) is 5.75 Å². The highest BCUT2D eigenvalue weighted by molar-refractivity contribution is 8.00. The molecule has 1 aromatic rings. The summed E-state index contributed by atoms with van der Waals surface area (Å²) in [4.78, 5) is 12.0. The number of rotatable bonds is 4. The number of hydrogen-bond acceptors (Lipinski definition) is 3. The van der Waals surface area contributed by atoms with Gasteiger partial charge in [-0.25, -0.2) is 0 Å². The quantitative estimate of drug-likeness (QED) is 0.740. The maximum Gasteiger partial charge on any atom is 0.157 e. The number of Topliss-reactive ketones (excluding diaryl/α,β-unsaturated/α-hetero) is 1. The van der Waals surface area contributed by atoms with E-state index in [-0.39, 0.29) is 12.2 Å². The number of nitrogens with zero attached hydrogens (tertiary/aromatic N) is 1. The second-order valence-electron chi connectivity index (χ2n) is 2.62. The molecule has 0 spiro atoms. The summed E-state index contributed by atoms with van der Waals surface area (Å²) in [5.74, 6) is 0.294. The van der Waals surface area contributed by atoms with E-state index in [0.29, 0.717) is 10.8 Å². The SMILES string of the molecule is N#CCC(=O)CSc1ccc(Cl)cc1. The summed E-state index contributed by atoms with van der Waals surface area (Å²) in [5.41, 5.74) is 0. The van der Waals surface area contributed by atoms with E-state index in [2.05, 4.69) is 0 Å². The molecule has 0 saturated carbocycles. The Labute approximate surface area is 91.9 Å². The van der Waals surface area contributed by atoms with Gasteiger partial charge in [0.2, 0.25) is 0 Å². The van der Waals surface area contributed by atoms with Crippen molar-refractivity contribution in [3.63, 3.8) is 0 Å². The van der Waals surface area contributed by atoms with Crippen LogP contribution in [0.15, 0.2) is 29.2 Å². The molecule has 0 saturated heterocycles. The molecule has 1 rings (SSSR count). The molecule has 0 aliphatic carbocycles. The van der Waals surface area contributed by atoms with Crippen LogP contribution in [0, 0.1) is 11.3 Å². The smallest absolute Gasteiger partial charge is 0.157 e. The van der Waals surface area contributed by atoms with Crippen LogP contribution in [-0.2, 0) is 4.79 Å². The van der Waals surface area contributed by atoms with Crippen molar-refractivity contribution in [1.82, 2.24) is 0 Å². The third-order valence-electron chi connectivity index (χ3n) is 1.49. The summed E-state index contributed by atoms with van der Waals surface area (Å²) >= 11 is 7.12. The highest BCUT2D eigenvalue weighted by Crippen LogP contribution is 2.20. The molecule has 0 aliphatic rings. The van der Waals surface area contributed by atoms with Crippen molar-refractivity contribution in [3.05, 3.63) is 29.3 Å². The van der Waals surface area contributed by atoms with Crippen molar-refractivity contribution in [1.29, 1.82) is 5.26 Å². The van der Waals surface area contributed by atoms with Crippen LogP contribution >= 0.6 is 23.4 Å². The van der Waals surface area contributed by atoms with Gasteiger partial charge in [0, 0.05) is 9.92 Å². The average Bonchev–Trinajstić information content (AvgIpc) is 2.17. The number of nitriles is 1. The summed E-state index contributed by atoms with van der Waals surface area (Å²) in [5, 5.41) is 8.95. The number of hydrogen-bond donors (Lipinski definition) is 0. The number of ketones is 1. The summed E-state index contributed by atoms with van der Waals surface area (Å²) in [6.07, 6.45) is -0.0133. The maximum atomic E-state index is 11.0. The van der Waals surface area contributed by atoms with Gasteiger partial charge < -0.3 is 0 Å². The second-order valence-corrected chi connectivity index (χ2v) is 4.10. The lowest BCUT2D eigenvalue weighted by Crippen LogP contribution is -1.98. The van der Waals surface area contributed by atoms with Crippen LogP contribution < -0.4 is 0 Å². The van der Waals surface area contributed by atoms with E-state index >= 15 is 0 Å². The van der Waals surface area contributed by atoms with E-state index in [4.69, 9.17) is 16.9 Å². The largest absolute Gasteiger partial charge is 0.298 e. The molecule has 72 valence electrons. The molecule has 0 amide bonds. The molecule has 0 aliphatic heterocycles. The Balaban J connectivity index is 2.43. The Morgan fingerprint density at radius 3 is 2.64 bits per heavy atom. The van der Waals surface area contributed by atoms with Crippen molar-refractivity contribution in [2.45, 2.75) is 11.3 Å². The number of carbonyl (C=O) groups excluding carboxylic acids is 1. The molecule has 0 unspecified atom stereocenters. The normalized spacial score (nSPS) is 9.43. The first-order chi connectivity index (χ1) is 6.72. The molecule has 0 radical (unpaired) electrons. The van der Waals surface area contributed by atoms with Gasteiger partial charge in [-0.1, -0.05) is 11.6 Å². The summed E-state index contributed by atoms with van der Waals surface area (Å²) in [6.45, 7) is 0. The van der Waals surface area contributed by atoms with Gasteiger partial charge in [0.1, 0.15) is 0 Å². The van der Waals surface area contributed by atoms with Crippen LogP contribution in [0.4, 0.5) is 0 Å². The van der Waals surface area contributed by atoms with Crippen molar-refractivity contribution in [3.8, 4) is 6.07 Å². The molecule has 0 heterocycles. The zero-order valence-corrected chi connectivity index (χ0v) is 8.94. The van der Waals surface area contributed by atoms with E-state index in [9.17, 15) is 4.79 Å². The molecule has 4 heteroatoms. The fraction of sp³-hybridized carbons (Fsp3) is 0.200. The predicted octanol–water partition coefficient (Wildman–Crippen LogP) is 2.91. The van der Waals surface area contributed by atoms with E-state index in [1.165, 1.54) is 11.8 Å². The zero-order valence-electron chi connectivity index (χ0n) is 7.37. The monoisotopic (exact) mass is 225 g/mol. The Morgan fingerprint density at radius 1 is 1.43 bits per heavy atom. The molecule has 0 fully saturated rings. The highest BCUT2D eigenvalue weighted by atomic mass is 35.5. The van der Waals surface area contributed by atoms with Crippen LogP contribution in [-0.4, -0.2) is 11.5 Å². The third kappa shape index (κ3) is 3.82. The first kappa shape index (κ1) is 11.1. The van der Waals surface area contributed by atoms with E-state index in [0.717, 1.165) is 4.90 Å². The second kappa shape index (κ2) is 5.69. The topological polar surface area (TPSA) is 40.9 Å². The van der Waals surface area contributed by atoms with Gasteiger partial charge in [0.05, 0.1) is 18.2 Å². The number of thioether (sulfide) groups is 1. The Kier molecular flexibility index (Phi) is 4.51. The molecular weight excluding hydrogens is 218 g/mol. The summed E-state index contributed by atoms with van der Waals surface area (Å²) in [6, 6.07) is 9.09. The van der Waals surface area contributed by atoms with Crippen LogP contribution in [0.25, 0.3) is 0 Å². The minimum atomic E-state index is -0.0487. The van der Waals surface area contributed by atoms with Crippen molar-refractivity contribution >= 4 is 29.1 Å². The lowest BCUT2D eigenvalue weighted by molar-refractivity contribution is -0.115. The van der Waals surface area contributed by atoms with Crippen molar-refractivity contribution < 1.29 is 4.79 Å². The molecular formula is C10H8ClNOS. The van der Waals surface area contributed by atoms with E-state index in [1.807, 2.05) is 18.2 Å². The molecule has 0 aromatic heterocycles. The minimum Gasteiger partial charge on any atom is -0.298 e. The molecule has 0 N–H and O–H groups in total. The van der Waals surface area contributed by atoms with Crippen LogP contribution in [0.5, 0.6) is 0 Å². The van der Waals surface area contributed by atoms with Crippen molar-refractivity contribution in [2.24, 2.45) is 0 Å². The third-order valence-corrected chi connectivity index (χ3v) is 2.81. The lowest BCUT2D eigenvalue weighted by atomic mass is 10.3. The number of halogens is 1. The van der Waals surface area contributed by atoms with Gasteiger partial charge in [0.25, 0.3) is 0 Å². The number of benzene rings is 1. The first-order valence-electron chi connectivity index (χ1n) is 3.99. The van der Waals surface area contributed by atoms with Gasteiger partial charge in [-0.15, -0.1) is 11.8 Å². The minimum absolute atomic E-state index is 0.0133. The summed E-state index contributed by atoms with van der Waals surface area (Å²) < 4.78 is 0. The molecule has 14 heavy (non-hydrogen) atoms. The van der Waals surface area contributed by atoms with Gasteiger partial charge >= 0.3 is 0 Å². The average molecular weight is 226 g/mol. The van der Waals surface area contributed by atoms with Crippen LogP contribution in [0.2, 0.25) is 5.02 Å². The van der Waals surface area contributed by atoms with Gasteiger partial charge in [-0.3, -0.25) is 4.79 Å². The van der Waals surface area contributed by atoms with Gasteiger partial charge in [-0.2, -0.15) is 5.26 Å². The number of carbonyl (C=O) groups is 1. The fourth-order valence-electron chi connectivity index (χ4n) is 0.834. The van der Waals surface area contributed by atoms with Gasteiger partial charge in [-0.05, 0) is 24.3 Å². The lowest BCUT2D eigenvalue weighted by Gasteiger charge is -1.98. The first-order valence-corrected chi connectivity index (χ1v) is 5.36. The Bertz CT molecular complexity index is 355. The Hall–Kier alpha value is -0.980. The van der Waals surface area contributed by atoms with E-state index < -0.39 is 0 Å². The van der Waals surface area contributed by atoms with Crippen LogP contribution in [0.3, 0.4) is 0 Å².